The molecule has 3 N–H and O–H groups in total. The van der Waals surface area contributed by atoms with E-state index in [0.29, 0.717) is 0 Å². The van der Waals surface area contributed by atoms with Crippen LogP contribution in [0.25, 0.3) is 5.69 Å². The molecule has 0 radical (unpaired) electrons. The maximum Gasteiger partial charge on any atom is 0.123 e. The van der Waals surface area contributed by atoms with Gasteiger partial charge in [0.05, 0.1) is 17.4 Å². The second kappa shape index (κ2) is 5.87. The van der Waals surface area contributed by atoms with Crippen molar-refractivity contribution in [3.8, 4) is 5.69 Å². The highest BCUT2D eigenvalue weighted by molar-refractivity contribution is 5.33. The first-order valence-corrected chi connectivity index (χ1v) is 6.60. The molecule has 1 atom stereocenters. The third-order valence-electron chi connectivity index (χ3n) is 3.27. The van der Waals surface area contributed by atoms with Crippen molar-refractivity contribution < 1.29 is 4.39 Å². The Labute approximate surface area is 122 Å². The minimum atomic E-state index is -0.356. The summed E-state index contributed by atoms with van der Waals surface area (Å²) >= 11 is 0. The van der Waals surface area contributed by atoms with E-state index in [0.717, 1.165) is 16.9 Å². The molecule has 0 saturated carbocycles. The van der Waals surface area contributed by atoms with E-state index in [2.05, 4.69) is 10.5 Å². The molecule has 2 aromatic carbocycles. The summed E-state index contributed by atoms with van der Waals surface area (Å²) in [6, 6.07) is 17.6. The molecule has 0 amide bonds. The highest BCUT2D eigenvalue weighted by atomic mass is 19.1. The van der Waals surface area contributed by atoms with Crippen LogP contribution in [0.15, 0.2) is 66.9 Å². The minimum Gasteiger partial charge on any atom is -0.271 e. The molecular formula is C16H15FN4. The first-order chi connectivity index (χ1) is 10.3. The Balaban J connectivity index is 1.94. The first kappa shape index (κ1) is 13.5. The van der Waals surface area contributed by atoms with E-state index in [1.54, 1.807) is 10.7 Å². The van der Waals surface area contributed by atoms with Gasteiger partial charge in [0.15, 0.2) is 0 Å². The molecule has 3 rings (SSSR count). The Bertz CT molecular complexity index is 724. The summed E-state index contributed by atoms with van der Waals surface area (Å²) in [5.74, 6) is 5.32. The van der Waals surface area contributed by atoms with Crippen LogP contribution in [-0.2, 0) is 0 Å². The van der Waals surface area contributed by atoms with Crippen LogP contribution in [0, 0.1) is 5.82 Å². The fourth-order valence-corrected chi connectivity index (χ4v) is 2.26. The highest BCUT2D eigenvalue weighted by Crippen LogP contribution is 2.21. The summed E-state index contributed by atoms with van der Waals surface area (Å²) in [5, 5.41) is 4.51. The summed E-state index contributed by atoms with van der Waals surface area (Å²) in [6.07, 6.45) is 1.86. The zero-order chi connectivity index (χ0) is 14.7. The van der Waals surface area contributed by atoms with Crippen molar-refractivity contribution in [3.63, 3.8) is 0 Å². The van der Waals surface area contributed by atoms with Gasteiger partial charge in [0.2, 0.25) is 0 Å². The first-order valence-electron chi connectivity index (χ1n) is 6.60. The molecule has 0 aliphatic carbocycles. The maximum absolute atomic E-state index is 13.4. The monoisotopic (exact) mass is 282 g/mol. The third kappa shape index (κ3) is 2.84. The van der Waals surface area contributed by atoms with Crippen LogP contribution in [0.4, 0.5) is 4.39 Å². The zero-order valence-corrected chi connectivity index (χ0v) is 11.3. The van der Waals surface area contributed by atoms with Gasteiger partial charge in [0.1, 0.15) is 5.82 Å². The smallest absolute Gasteiger partial charge is 0.123 e. The fourth-order valence-electron chi connectivity index (χ4n) is 2.26. The Hall–Kier alpha value is -2.50. The Morgan fingerprint density at radius 2 is 1.86 bits per heavy atom. The second-order valence-corrected chi connectivity index (χ2v) is 4.68. The average Bonchev–Trinajstić information content (AvgIpc) is 2.99. The van der Waals surface area contributed by atoms with Crippen LogP contribution in [0.1, 0.15) is 17.3 Å². The van der Waals surface area contributed by atoms with Crippen molar-refractivity contribution in [3.05, 3.63) is 83.9 Å². The van der Waals surface area contributed by atoms with E-state index in [-0.39, 0.29) is 11.9 Å². The predicted molar refractivity (Wildman–Crippen MR) is 79.1 cm³/mol. The third-order valence-corrected chi connectivity index (χ3v) is 3.27. The van der Waals surface area contributed by atoms with Crippen molar-refractivity contribution in [1.82, 2.24) is 15.2 Å². The van der Waals surface area contributed by atoms with Gasteiger partial charge in [0, 0.05) is 6.20 Å². The lowest BCUT2D eigenvalue weighted by molar-refractivity contribution is 0.593. The largest absolute Gasteiger partial charge is 0.271 e. The van der Waals surface area contributed by atoms with Gasteiger partial charge in [-0.05, 0) is 35.9 Å². The number of benzene rings is 2. The fraction of sp³-hybridized carbons (Fsp3) is 0.0625. The predicted octanol–water partition coefficient (Wildman–Crippen LogP) is 2.56. The number of nitrogens with one attached hydrogen (secondary N) is 1. The maximum atomic E-state index is 13.4. The molecule has 0 bridgehead atoms. The normalized spacial score (nSPS) is 12.3. The molecule has 4 nitrogen and oxygen atoms in total. The van der Waals surface area contributed by atoms with Gasteiger partial charge in [-0.1, -0.05) is 30.3 Å². The van der Waals surface area contributed by atoms with Gasteiger partial charge in [-0.3, -0.25) is 5.84 Å². The summed E-state index contributed by atoms with van der Waals surface area (Å²) in [7, 11) is 0. The Morgan fingerprint density at radius 1 is 1.05 bits per heavy atom. The van der Waals surface area contributed by atoms with E-state index >= 15 is 0 Å². The summed E-state index contributed by atoms with van der Waals surface area (Å²) in [6.45, 7) is 0. The van der Waals surface area contributed by atoms with Crippen LogP contribution in [0.3, 0.4) is 0 Å². The molecule has 0 aliphatic rings. The lowest BCUT2D eigenvalue weighted by Crippen LogP contribution is -2.29. The van der Waals surface area contributed by atoms with Crippen molar-refractivity contribution >= 4 is 0 Å². The standard InChI is InChI=1S/C16H15FN4/c17-13-6-4-5-12(11-13)16(19-18)15-9-10-21(20-15)14-7-2-1-3-8-14/h1-11,16,19H,18H2. The van der Waals surface area contributed by atoms with Crippen LogP contribution >= 0.6 is 0 Å². The number of hydrazine groups is 1. The molecule has 1 heterocycles. The minimum absolute atomic E-state index is 0.296. The van der Waals surface area contributed by atoms with Gasteiger partial charge in [-0.15, -0.1) is 0 Å². The number of halogens is 1. The SMILES string of the molecule is NNC(c1cccc(F)c1)c1ccn(-c2ccccc2)n1. The molecular weight excluding hydrogens is 267 g/mol. The van der Waals surface area contributed by atoms with Crippen molar-refractivity contribution in [1.29, 1.82) is 0 Å². The molecule has 0 aliphatic heterocycles. The Kier molecular flexibility index (Phi) is 3.77. The number of rotatable bonds is 4. The van der Waals surface area contributed by atoms with Crippen LogP contribution in [0.2, 0.25) is 0 Å². The van der Waals surface area contributed by atoms with Crippen LogP contribution in [0.5, 0.6) is 0 Å². The number of aromatic nitrogens is 2. The average molecular weight is 282 g/mol. The number of nitrogens with zero attached hydrogens (tertiary/aromatic N) is 2. The van der Waals surface area contributed by atoms with Gasteiger partial charge in [-0.25, -0.2) is 14.5 Å². The number of para-hydroxylation sites is 1. The quantitative estimate of drug-likeness (QED) is 0.571. The highest BCUT2D eigenvalue weighted by Gasteiger charge is 2.16. The molecule has 0 spiro atoms. The molecule has 3 aromatic rings. The van der Waals surface area contributed by atoms with Gasteiger partial charge in [-0.2, -0.15) is 5.10 Å². The molecule has 0 fully saturated rings. The molecule has 106 valence electrons. The lowest BCUT2D eigenvalue weighted by atomic mass is 10.0. The summed E-state index contributed by atoms with van der Waals surface area (Å²) in [5.41, 5.74) is 5.10. The van der Waals surface area contributed by atoms with Crippen molar-refractivity contribution in [2.45, 2.75) is 6.04 Å². The molecule has 1 unspecified atom stereocenters. The summed E-state index contributed by atoms with van der Waals surface area (Å²) in [4.78, 5) is 0. The van der Waals surface area contributed by atoms with Crippen LogP contribution in [-0.4, -0.2) is 9.78 Å². The van der Waals surface area contributed by atoms with Gasteiger partial charge in [0.25, 0.3) is 0 Å². The second-order valence-electron chi connectivity index (χ2n) is 4.68. The molecule has 5 heteroatoms. The topological polar surface area (TPSA) is 55.9 Å². The van der Waals surface area contributed by atoms with Crippen molar-refractivity contribution in [2.24, 2.45) is 5.84 Å². The lowest BCUT2D eigenvalue weighted by Gasteiger charge is -2.14. The van der Waals surface area contributed by atoms with E-state index in [4.69, 9.17) is 5.84 Å². The zero-order valence-electron chi connectivity index (χ0n) is 11.3. The number of hydrogen-bond donors (Lipinski definition) is 2. The number of hydrogen-bond acceptors (Lipinski definition) is 3. The molecule has 0 saturated heterocycles. The molecule has 21 heavy (non-hydrogen) atoms. The Morgan fingerprint density at radius 3 is 2.57 bits per heavy atom. The van der Waals surface area contributed by atoms with Crippen LogP contribution < -0.4 is 11.3 Å². The van der Waals surface area contributed by atoms with E-state index in [9.17, 15) is 4.39 Å². The number of nitrogens with two attached hydrogens (primary N) is 1. The van der Waals surface area contributed by atoms with Crippen molar-refractivity contribution in [2.75, 3.05) is 0 Å². The molecule has 1 aromatic heterocycles. The van der Waals surface area contributed by atoms with E-state index < -0.39 is 0 Å². The van der Waals surface area contributed by atoms with Gasteiger partial charge >= 0.3 is 0 Å². The van der Waals surface area contributed by atoms with E-state index in [1.165, 1.54) is 12.1 Å². The van der Waals surface area contributed by atoms with Gasteiger partial charge < -0.3 is 0 Å². The van der Waals surface area contributed by atoms with E-state index in [1.807, 2.05) is 48.7 Å². The summed E-state index contributed by atoms with van der Waals surface area (Å²) < 4.78 is 15.1.